The molecule has 0 unspecified atom stereocenters. The van der Waals surface area contributed by atoms with E-state index in [9.17, 15) is 4.39 Å². The van der Waals surface area contributed by atoms with Gasteiger partial charge in [0.25, 0.3) is 5.95 Å². The van der Waals surface area contributed by atoms with E-state index in [4.69, 9.17) is 9.47 Å². The molecule has 1 aliphatic carbocycles. The van der Waals surface area contributed by atoms with Crippen molar-refractivity contribution in [1.29, 1.82) is 0 Å². The number of hydrogen-bond acceptors (Lipinski definition) is 3. The van der Waals surface area contributed by atoms with E-state index >= 15 is 0 Å². The Bertz CT molecular complexity index is 312. The minimum Gasteiger partial charge on any atom is -0.495 e. The molecule has 0 aromatic carbocycles. The van der Waals surface area contributed by atoms with Gasteiger partial charge in [0.2, 0.25) is 0 Å². The Kier molecular flexibility index (Phi) is 2.04. The molecule has 13 heavy (non-hydrogen) atoms. The third-order valence-electron chi connectivity index (χ3n) is 1.84. The van der Waals surface area contributed by atoms with Crippen molar-refractivity contribution in [2.75, 3.05) is 7.11 Å². The third-order valence-corrected chi connectivity index (χ3v) is 1.84. The first-order valence-electron chi connectivity index (χ1n) is 4.16. The Morgan fingerprint density at radius 1 is 1.54 bits per heavy atom. The molecule has 3 nitrogen and oxygen atoms in total. The molecule has 1 aromatic heterocycles. The Morgan fingerprint density at radius 2 is 2.31 bits per heavy atom. The molecule has 1 aliphatic rings. The molecule has 4 heteroatoms. The number of ether oxygens (including phenoxy) is 2. The van der Waals surface area contributed by atoms with Gasteiger partial charge < -0.3 is 9.47 Å². The minimum atomic E-state index is -0.576. The number of hydrogen-bond donors (Lipinski definition) is 0. The van der Waals surface area contributed by atoms with Gasteiger partial charge in [0, 0.05) is 6.07 Å². The zero-order valence-corrected chi connectivity index (χ0v) is 7.29. The van der Waals surface area contributed by atoms with E-state index in [0.29, 0.717) is 5.75 Å². The third kappa shape index (κ3) is 1.88. The Balaban J connectivity index is 2.19. The van der Waals surface area contributed by atoms with E-state index in [2.05, 4.69) is 4.98 Å². The summed E-state index contributed by atoms with van der Waals surface area (Å²) in [6.45, 7) is 0. The molecule has 0 atom stereocenters. The first kappa shape index (κ1) is 8.29. The maximum Gasteiger partial charge on any atom is 0.255 e. The van der Waals surface area contributed by atoms with Gasteiger partial charge in [-0.05, 0) is 12.8 Å². The number of aromatic nitrogens is 1. The molecule has 0 amide bonds. The summed E-state index contributed by atoms with van der Waals surface area (Å²) in [5.41, 5.74) is 0. The van der Waals surface area contributed by atoms with Crippen LogP contribution < -0.4 is 9.47 Å². The van der Waals surface area contributed by atoms with Crippen molar-refractivity contribution >= 4 is 0 Å². The van der Waals surface area contributed by atoms with Gasteiger partial charge in [-0.25, -0.2) is 4.98 Å². The fourth-order valence-electron chi connectivity index (χ4n) is 0.970. The SMILES string of the molecule is COc1cnc(F)c(OC2CC2)c1. The summed E-state index contributed by atoms with van der Waals surface area (Å²) in [5, 5.41) is 0. The first-order chi connectivity index (χ1) is 6.29. The molecule has 1 fully saturated rings. The van der Waals surface area contributed by atoms with E-state index in [1.807, 2.05) is 0 Å². The Hall–Kier alpha value is -1.32. The average Bonchev–Trinajstić information content (AvgIpc) is 2.93. The standard InChI is InChI=1S/C9H10FNO2/c1-12-7-4-8(9(10)11-5-7)13-6-2-3-6/h4-6H,2-3H2,1H3. The van der Waals surface area contributed by atoms with Crippen molar-refractivity contribution < 1.29 is 13.9 Å². The molecule has 1 saturated carbocycles. The molecule has 0 saturated heterocycles. The number of halogens is 1. The summed E-state index contributed by atoms with van der Waals surface area (Å²) in [4.78, 5) is 3.51. The maximum absolute atomic E-state index is 13.0. The lowest BCUT2D eigenvalue weighted by Gasteiger charge is -2.06. The molecule has 0 aliphatic heterocycles. The van der Waals surface area contributed by atoms with Gasteiger partial charge in [-0.3, -0.25) is 0 Å². The van der Waals surface area contributed by atoms with E-state index in [1.54, 1.807) is 0 Å². The van der Waals surface area contributed by atoms with E-state index in [-0.39, 0.29) is 11.9 Å². The van der Waals surface area contributed by atoms with Gasteiger partial charge >= 0.3 is 0 Å². The lowest BCUT2D eigenvalue weighted by atomic mass is 10.4. The summed E-state index contributed by atoms with van der Waals surface area (Å²) in [6, 6.07) is 1.51. The van der Waals surface area contributed by atoms with Crippen LogP contribution in [0.4, 0.5) is 4.39 Å². The van der Waals surface area contributed by atoms with Gasteiger partial charge in [-0.2, -0.15) is 4.39 Å². The van der Waals surface area contributed by atoms with E-state index < -0.39 is 5.95 Å². The molecule has 1 aromatic rings. The summed E-state index contributed by atoms with van der Waals surface area (Å²) in [7, 11) is 1.51. The van der Waals surface area contributed by atoms with Gasteiger partial charge in [0.15, 0.2) is 5.75 Å². The first-order valence-corrected chi connectivity index (χ1v) is 4.16. The van der Waals surface area contributed by atoms with Crippen molar-refractivity contribution in [2.24, 2.45) is 0 Å². The maximum atomic E-state index is 13.0. The van der Waals surface area contributed by atoms with Crippen molar-refractivity contribution in [3.63, 3.8) is 0 Å². The molecule has 0 bridgehead atoms. The topological polar surface area (TPSA) is 31.4 Å². The van der Waals surface area contributed by atoms with Gasteiger partial charge in [-0.15, -0.1) is 0 Å². The van der Waals surface area contributed by atoms with Gasteiger partial charge in [0.1, 0.15) is 5.75 Å². The van der Waals surface area contributed by atoms with Crippen LogP contribution in [0, 0.1) is 5.95 Å². The molecule has 0 N–H and O–H groups in total. The van der Waals surface area contributed by atoms with Crippen LogP contribution in [0.1, 0.15) is 12.8 Å². The van der Waals surface area contributed by atoms with Crippen LogP contribution in [0.25, 0.3) is 0 Å². The second kappa shape index (κ2) is 3.20. The predicted octanol–water partition coefficient (Wildman–Crippen LogP) is 1.77. The average molecular weight is 183 g/mol. The van der Waals surface area contributed by atoms with Crippen LogP contribution in [-0.2, 0) is 0 Å². The van der Waals surface area contributed by atoms with Crippen LogP contribution in [0.2, 0.25) is 0 Å². The number of pyridine rings is 1. The Morgan fingerprint density at radius 3 is 2.92 bits per heavy atom. The zero-order chi connectivity index (χ0) is 9.26. The molecule has 0 radical (unpaired) electrons. The summed E-state index contributed by atoms with van der Waals surface area (Å²) in [6.07, 6.45) is 3.49. The highest BCUT2D eigenvalue weighted by molar-refractivity contribution is 5.29. The molecule has 1 heterocycles. The lowest BCUT2D eigenvalue weighted by molar-refractivity contribution is 0.280. The molecule has 0 spiro atoms. The summed E-state index contributed by atoms with van der Waals surface area (Å²) >= 11 is 0. The van der Waals surface area contributed by atoms with Crippen LogP contribution in [0.3, 0.4) is 0 Å². The highest BCUT2D eigenvalue weighted by atomic mass is 19.1. The molecule has 70 valence electrons. The second-order valence-corrected chi connectivity index (χ2v) is 2.98. The van der Waals surface area contributed by atoms with Crippen LogP contribution in [0.5, 0.6) is 11.5 Å². The molecular formula is C9H10FNO2. The van der Waals surface area contributed by atoms with Crippen LogP contribution >= 0.6 is 0 Å². The van der Waals surface area contributed by atoms with Crippen molar-refractivity contribution in [3.8, 4) is 11.5 Å². The van der Waals surface area contributed by atoms with Crippen molar-refractivity contribution in [3.05, 3.63) is 18.2 Å². The number of nitrogens with zero attached hydrogens (tertiary/aromatic N) is 1. The second-order valence-electron chi connectivity index (χ2n) is 2.98. The zero-order valence-electron chi connectivity index (χ0n) is 7.29. The van der Waals surface area contributed by atoms with Crippen LogP contribution in [-0.4, -0.2) is 18.2 Å². The lowest BCUT2D eigenvalue weighted by Crippen LogP contribution is -2.00. The van der Waals surface area contributed by atoms with Gasteiger partial charge in [0.05, 0.1) is 19.4 Å². The monoisotopic (exact) mass is 183 g/mol. The smallest absolute Gasteiger partial charge is 0.255 e. The fraction of sp³-hybridized carbons (Fsp3) is 0.444. The number of rotatable bonds is 3. The van der Waals surface area contributed by atoms with E-state index in [0.717, 1.165) is 12.8 Å². The highest BCUT2D eigenvalue weighted by Crippen LogP contribution is 2.29. The molecular weight excluding hydrogens is 173 g/mol. The predicted molar refractivity (Wildman–Crippen MR) is 44.4 cm³/mol. The summed E-state index contributed by atoms with van der Waals surface area (Å²) < 4.78 is 23.2. The van der Waals surface area contributed by atoms with Gasteiger partial charge in [-0.1, -0.05) is 0 Å². The number of methoxy groups -OCH3 is 1. The van der Waals surface area contributed by atoms with Crippen LogP contribution in [0.15, 0.2) is 12.3 Å². The van der Waals surface area contributed by atoms with Crippen molar-refractivity contribution in [1.82, 2.24) is 4.98 Å². The minimum absolute atomic E-state index is 0.170. The normalized spacial score (nSPS) is 15.5. The summed E-state index contributed by atoms with van der Waals surface area (Å²) in [5.74, 6) is 0.117. The fourth-order valence-corrected chi connectivity index (χ4v) is 0.970. The quantitative estimate of drug-likeness (QED) is 0.669. The molecule has 2 rings (SSSR count). The van der Waals surface area contributed by atoms with E-state index in [1.165, 1.54) is 19.4 Å². The highest BCUT2D eigenvalue weighted by Gasteiger charge is 2.25. The largest absolute Gasteiger partial charge is 0.495 e. The van der Waals surface area contributed by atoms with Crippen molar-refractivity contribution in [2.45, 2.75) is 18.9 Å². The Labute approximate surface area is 75.5 Å².